The van der Waals surface area contributed by atoms with Crippen LogP contribution in [0.2, 0.25) is 0 Å². The minimum atomic E-state index is -4.63. The van der Waals surface area contributed by atoms with Crippen LogP contribution in [0.3, 0.4) is 0 Å². The van der Waals surface area contributed by atoms with E-state index in [1.165, 1.54) is 18.5 Å². The fraction of sp³-hybridized carbons (Fsp3) is 0.182. The minimum Gasteiger partial charge on any atom is -0.303 e. The lowest BCUT2D eigenvalue weighted by atomic mass is 10.2. The Hall–Kier alpha value is -2.38. The lowest BCUT2D eigenvalue weighted by Crippen LogP contribution is -2.38. The molecule has 0 saturated carbocycles. The molecule has 0 radical (unpaired) electrons. The summed E-state index contributed by atoms with van der Waals surface area (Å²) < 4.78 is 36.6. The molecular weight excluding hydrogens is 263 g/mol. The van der Waals surface area contributed by atoms with Crippen molar-refractivity contribution < 1.29 is 22.8 Å². The summed E-state index contributed by atoms with van der Waals surface area (Å²) in [5, 5.41) is 2.10. The normalized spacial score (nSPS) is 18.1. The predicted octanol–water partition coefficient (Wildman–Crippen LogP) is 1.54. The average molecular weight is 271 g/mol. The lowest BCUT2D eigenvalue weighted by Gasteiger charge is -2.13. The predicted molar refractivity (Wildman–Crippen MR) is 58.5 cm³/mol. The number of carbonyl (C=O) groups is 2. The monoisotopic (exact) mass is 271 g/mol. The maximum Gasteiger partial charge on any atom is 0.406 e. The van der Waals surface area contributed by atoms with Crippen LogP contribution in [-0.2, 0) is 4.79 Å². The van der Waals surface area contributed by atoms with Gasteiger partial charge in [-0.15, -0.1) is 0 Å². The van der Waals surface area contributed by atoms with Crippen molar-refractivity contribution in [2.45, 2.75) is 6.18 Å². The summed E-state index contributed by atoms with van der Waals surface area (Å²) in [7, 11) is 0. The Bertz CT molecular complexity index is 540. The third-order valence-corrected chi connectivity index (χ3v) is 2.32. The highest BCUT2D eigenvalue weighted by Crippen LogP contribution is 2.21. The first-order valence-electron chi connectivity index (χ1n) is 5.18. The lowest BCUT2D eigenvalue weighted by molar-refractivity contribution is -0.150. The molecule has 3 amide bonds. The van der Waals surface area contributed by atoms with Gasteiger partial charge in [-0.25, -0.2) is 9.69 Å². The first-order chi connectivity index (χ1) is 8.87. The minimum absolute atomic E-state index is 0.118. The van der Waals surface area contributed by atoms with E-state index in [1.807, 2.05) is 0 Å². The first-order valence-corrected chi connectivity index (χ1v) is 5.18. The molecular formula is C11H8F3N3O2. The Morgan fingerprint density at radius 3 is 2.47 bits per heavy atom. The van der Waals surface area contributed by atoms with E-state index in [-0.39, 0.29) is 10.6 Å². The second-order valence-electron chi connectivity index (χ2n) is 3.78. The second-order valence-corrected chi connectivity index (χ2v) is 3.78. The number of imide groups is 1. The number of hydrogen-bond donors (Lipinski definition) is 1. The van der Waals surface area contributed by atoms with Crippen LogP contribution in [0.15, 0.2) is 30.2 Å². The smallest absolute Gasteiger partial charge is 0.303 e. The van der Waals surface area contributed by atoms with Crippen LogP contribution in [0.1, 0.15) is 5.56 Å². The average Bonchev–Trinajstić information content (AvgIpc) is 2.57. The van der Waals surface area contributed by atoms with Crippen LogP contribution < -0.4 is 5.32 Å². The number of hydrogen-bond acceptors (Lipinski definition) is 3. The van der Waals surface area contributed by atoms with Gasteiger partial charge >= 0.3 is 12.2 Å². The maximum atomic E-state index is 12.2. The Morgan fingerprint density at radius 1 is 1.26 bits per heavy atom. The Morgan fingerprint density at radius 2 is 1.89 bits per heavy atom. The number of aromatic nitrogens is 1. The summed E-state index contributed by atoms with van der Waals surface area (Å²) in [5.41, 5.74) is 0.355. The van der Waals surface area contributed by atoms with Gasteiger partial charge in [0.15, 0.2) is 0 Å². The summed E-state index contributed by atoms with van der Waals surface area (Å²) in [6.45, 7) is -1.61. The van der Waals surface area contributed by atoms with Crippen molar-refractivity contribution in [3.8, 4) is 0 Å². The molecule has 2 heterocycles. The SMILES string of the molecule is O=C1N/C(=C/c2ccncc2)C(=O)N1CC(F)(F)F. The quantitative estimate of drug-likeness (QED) is 0.655. The largest absolute Gasteiger partial charge is 0.406 e. The zero-order valence-corrected chi connectivity index (χ0v) is 9.44. The fourth-order valence-electron chi connectivity index (χ4n) is 1.52. The molecule has 0 bridgehead atoms. The van der Waals surface area contributed by atoms with Gasteiger partial charge in [0.05, 0.1) is 0 Å². The first kappa shape index (κ1) is 13.1. The fourth-order valence-corrected chi connectivity index (χ4v) is 1.52. The van der Waals surface area contributed by atoms with Crippen molar-refractivity contribution in [2.24, 2.45) is 0 Å². The van der Waals surface area contributed by atoms with Gasteiger partial charge in [-0.2, -0.15) is 13.2 Å². The van der Waals surface area contributed by atoms with Crippen LogP contribution >= 0.6 is 0 Å². The van der Waals surface area contributed by atoms with Gasteiger partial charge in [-0.3, -0.25) is 9.78 Å². The van der Waals surface area contributed by atoms with Crippen molar-refractivity contribution in [1.29, 1.82) is 0 Å². The molecule has 0 unspecified atom stereocenters. The molecule has 0 aliphatic carbocycles. The van der Waals surface area contributed by atoms with E-state index in [1.54, 1.807) is 12.1 Å². The van der Waals surface area contributed by atoms with Crippen molar-refractivity contribution in [1.82, 2.24) is 15.2 Å². The molecule has 1 aromatic heterocycles. The molecule has 1 aliphatic heterocycles. The van der Waals surface area contributed by atoms with Gasteiger partial charge in [0.25, 0.3) is 5.91 Å². The summed E-state index contributed by atoms with van der Waals surface area (Å²) in [6.07, 6.45) is -0.417. The maximum absolute atomic E-state index is 12.2. The van der Waals surface area contributed by atoms with Gasteiger partial charge in [0.2, 0.25) is 0 Å². The van der Waals surface area contributed by atoms with E-state index < -0.39 is 24.7 Å². The van der Waals surface area contributed by atoms with Crippen LogP contribution in [0.4, 0.5) is 18.0 Å². The Labute approximate surface area is 105 Å². The van der Waals surface area contributed by atoms with Gasteiger partial charge in [-0.05, 0) is 23.8 Å². The second kappa shape index (κ2) is 4.71. The molecule has 2 rings (SSSR count). The topological polar surface area (TPSA) is 62.3 Å². The molecule has 5 nitrogen and oxygen atoms in total. The van der Waals surface area contributed by atoms with Gasteiger partial charge in [0, 0.05) is 12.4 Å². The summed E-state index contributed by atoms with van der Waals surface area (Å²) in [6, 6.07) is 2.03. The molecule has 19 heavy (non-hydrogen) atoms. The molecule has 0 atom stereocenters. The van der Waals surface area contributed by atoms with Crippen LogP contribution in [0.5, 0.6) is 0 Å². The highest BCUT2D eigenvalue weighted by Gasteiger charge is 2.41. The number of pyridine rings is 1. The van der Waals surface area contributed by atoms with E-state index in [0.29, 0.717) is 5.56 Å². The van der Waals surface area contributed by atoms with Crippen LogP contribution in [0.25, 0.3) is 6.08 Å². The molecule has 1 saturated heterocycles. The number of urea groups is 1. The molecule has 1 aliphatic rings. The molecule has 1 aromatic rings. The van der Waals surface area contributed by atoms with Crippen LogP contribution in [-0.4, -0.2) is 34.5 Å². The van der Waals surface area contributed by atoms with Crippen LogP contribution in [0, 0.1) is 0 Å². The summed E-state index contributed by atoms with van der Waals surface area (Å²) in [4.78, 5) is 26.8. The number of amides is 3. The van der Waals surface area contributed by atoms with E-state index in [9.17, 15) is 22.8 Å². The van der Waals surface area contributed by atoms with E-state index in [2.05, 4.69) is 10.3 Å². The van der Waals surface area contributed by atoms with E-state index in [4.69, 9.17) is 0 Å². The number of rotatable bonds is 2. The number of alkyl halides is 3. The molecule has 1 N–H and O–H groups in total. The molecule has 0 aromatic carbocycles. The van der Waals surface area contributed by atoms with Crippen molar-refractivity contribution in [2.75, 3.05) is 6.54 Å². The number of carbonyl (C=O) groups excluding carboxylic acids is 2. The van der Waals surface area contributed by atoms with Crippen molar-refractivity contribution >= 4 is 18.0 Å². The van der Waals surface area contributed by atoms with Gasteiger partial charge < -0.3 is 5.32 Å². The Balaban J connectivity index is 2.21. The van der Waals surface area contributed by atoms with Crippen molar-refractivity contribution in [3.05, 3.63) is 35.8 Å². The van der Waals surface area contributed by atoms with Crippen molar-refractivity contribution in [3.63, 3.8) is 0 Å². The highest BCUT2D eigenvalue weighted by molar-refractivity contribution is 6.13. The standard InChI is InChI=1S/C11H8F3N3O2/c12-11(13,14)6-17-9(18)8(16-10(17)19)5-7-1-3-15-4-2-7/h1-5H,6H2,(H,16,19)/b8-5+. The molecule has 8 heteroatoms. The highest BCUT2D eigenvalue weighted by atomic mass is 19.4. The van der Waals surface area contributed by atoms with E-state index >= 15 is 0 Å². The molecule has 1 fully saturated rings. The van der Waals surface area contributed by atoms with E-state index in [0.717, 1.165) is 0 Å². The number of halogens is 3. The third kappa shape index (κ3) is 3.09. The molecule has 100 valence electrons. The van der Waals surface area contributed by atoms with Gasteiger partial charge in [0.1, 0.15) is 12.2 Å². The summed E-state index contributed by atoms with van der Waals surface area (Å²) >= 11 is 0. The number of nitrogens with zero attached hydrogens (tertiary/aromatic N) is 2. The third-order valence-electron chi connectivity index (χ3n) is 2.32. The summed E-state index contributed by atoms with van der Waals surface area (Å²) in [5.74, 6) is -1.00. The Kier molecular flexibility index (Phi) is 3.24. The zero-order valence-electron chi connectivity index (χ0n) is 9.44. The zero-order chi connectivity index (χ0) is 14.0. The van der Waals surface area contributed by atoms with Gasteiger partial charge in [-0.1, -0.05) is 0 Å². The number of nitrogens with one attached hydrogen (secondary N) is 1. The molecule has 0 spiro atoms.